The molecular weight excluding hydrogens is 338 g/mol. The molecule has 0 aliphatic heterocycles. The summed E-state index contributed by atoms with van der Waals surface area (Å²) in [5, 5.41) is 2.72. The topological polar surface area (TPSA) is 3.88 Å². The van der Waals surface area contributed by atoms with Gasteiger partial charge in [0.15, 0.2) is 6.20 Å². The van der Waals surface area contributed by atoms with Crippen LogP contribution in [0.25, 0.3) is 33.2 Å². The molecule has 5 rings (SSSR count). The summed E-state index contributed by atoms with van der Waals surface area (Å²) in [5.41, 5.74) is 12.6. The van der Waals surface area contributed by atoms with Crippen LogP contribution in [0.1, 0.15) is 27.8 Å². The number of aromatic nitrogens is 1. The van der Waals surface area contributed by atoms with Gasteiger partial charge in [-0.3, -0.25) is 0 Å². The van der Waals surface area contributed by atoms with E-state index in [2.05, 4.69) is 93.2 Å². The SMILES string of the molecule is Cc1cc[n+](C)c(-c2c(C)ccc3c2CCc2ccc4cc(C)ccc4c2-3)c1. The molecule has 0 unspecified atom stereocenters. The zero-order chi connectivity index (χ0) is 19.4. The molecule has 3 aromatic carbocycles. The van der Waals surface area contributed by atoms with Crippen molar-refractivity contribution >= 4 is 10.8 Å². The number of hydrogen-bond donors (Lipinski definition) is 0. The van der Waals surface area contributed by atoms with E-state index >= 15 is 0 Å². The summed E-state index contributed by atoms with van der Waals surface area (Å²) in [7, 11) is 2.16. The summed E-state index contributed by atoms with van der Waals surface area (Å²) in [4.78, 5) is 0. The van der Waals surface area contributed by atoms with E-state index in [1.54, 1.807) is 0 Å². The van der Waals surface area contributed by atoms with Gasteiger partial charge in [0.2, 0.25) is 5.69 Å². The highest BCUT2D eigenvalue weighted by Gasteiger charge is 2.25. The molecule has 1 nitrogen and oxygen atoms in total. The van der Waals surface area contributed by atoms with Crippen molar-refractivity contribution in [2.45, 2.75) is 33.6 Å². The second-order valence-electron chi connectivity index (χ2n) is 8.31. The number of aryl methyl sites for hydroxylation is 5. The molecule has 4 aromatic rings. The lowest BCUT2D eigenvalue weighted by molar-refractivity contribution is -0.660. The predicted molar refractivity (Wildman–Crippen MR) is 118 cm³/mol. The molecule has 138 valence electrons. The lowest BCUT2D eigenvalue weighted by Gasteiger charge is -2.25. The standard InChI is InChI=1S/C27H26N/c1-17-5-10-22-21(15-17)8-7-20-9-12-23-24(27(20)22)11-6-19(3)26(23)25-16-18(2)13-14-28(25)4/h5-8,10-11,13-16H,9,12H2,1-4H3/q+1. The number of nitrogens with zero attached hydrogens (tertiary/aromatic N) is 1. The molecule has 0 amide bonds. The largest absolute Gasteiger partial charge is 0.213 e. The van der Waals surface area contributed by atoms with Gasteiger partial charge >= 0.3 is 0 Å². The molecule has 0 atom stereocenters. The highest BCUT2D eigenvalue weighted by atomic mass is 14.9. The molecule has 0 spiro atoms. The van der Waals surface area contributed by atoms with Crippen molar-refractivity contribution in [2.24, 2.45) is 7.05 Å². The molecule has 1 aliphatic carbocycles. The Hall–Kier alpha value is -2.93. The summed E-state index contributed by atoms with van der Waals surface area (Å²) < 4.78 is 2.26. The first kappa shape index (κ1) is 17.2. The van der Waals surface area contributed by atoms with E-state index in [0.29, 0.717) is 0 Å². The highest BCUT2D eigenvalue weighted by molar-refractivity contribution is 6.01. The fourth-order valence-electron chi connectivity index (χ4n) is 4.82. The van der Waals surface area contributed by atoms with Crippen molar-refractivity contribution < 1.29 is 4.57 Å². The van der Waals surface area contributed by atoms with Crippen LogP contribution in [0.3, 0.4) is 0 Å². The third-order valence-corrected chi connectivity index (χ3v) is 6.26. The number of hydrogen-bond acceptors (Lipinski definition) is 0. The molecule has 0 fully saturated rings. The minimum absolute atomic E-state index is 1.10. The number of pyridine rings is 1. The molecule has 1 heterocycles. The van der Waals surface area contributed by atoms with Crippen molar-refractivity contribution in [1.29, 1.82) is 0 Å². The van der Waals surface area contributed by atoms with Crippen molar-refractivity contribution in [3.05, 3.63) is 88.6 Å². The Morgan fingerprint density at radius 3 is 2.43 bits per heavy atom. The third kappa shape index (κ3) is 2.57. The monoisotopic (exact) mass is 364 g/mol. The Morgan fingerprint density at radius 1 is 0.750 bits per heavy atom. The minimum atomic E-state index is 1.10. The van der Waals surface area contributed by atoms with Crippen LogP contribution in [0.4, 0.5) is 0 Å². The van der Waals surface area contributed by atoms with Gasteiger partial charge in [-0.1, -0.05) is 48.0 Å². The van der Waals surface area contributed by atoms with E-state index in [1.165, 1.54) is 61.0 Å². The van der Waals surface area contributed by atoms with Crippen LogP contribution in [-0.2, 0) is 19.9 Å². The molecule has 1 aliphatic rings. The zero-order valence-corrected chi connectivity index (χ0v) is 17.1. The van der Waals surface area contributed by atoms with E-state index in [0.717, 1.165) is 12.8 Å². The maximum Gasteiger partial charge on any atom is 0.213 e. The van der Waals surface area contributed by atoms with Crippen molar-refractivity contribution in [3.8, 4) is 22.4 Å². The van der Waals surface area contributed by atoms with Gasteiger partial charge in [-0.25, -0.2) is 4.57 Å². The third-order valence-electron chi connectivity index (χ3n) is 6.26. The lowest BCUT2D eigenvalue weighted by atomic mass is 9.79. The Morgan fingerprint density at radius 2 is 1.57 bits per heavy atom. The van der Waals surface area contributed by atoms with E-state index in [1.807, 2.05) is 0 Å². The van der Waals surface area contributed by atoms with Gasteiger partial charge in [0, 0.05) is 12.1 Å². The van der Waals surface area contributed by atoms with Gasteiger partial charge in [0.1, 0.15) is 7.05 Å². The van der Waals surface area contributed by atoms with Gasteiger partial charge < -0.3 is 0 Å². The molecule has 0 saturated heterocycles. The molecular formula is C27H26N+. The Labute approximate surface area is 167 Å². The predicted octanol–water partition coefficient (Wildman–Crippen LogP) is 6.02. The highest BCUT2D eigenvalue weighted by Crippen LogP contribution is 2.43. The van der Waals surface area contributed by atoms with Crippen LogP contribution in [0.5, 0.6) is 0 Å². The van der Waals surface area contributed by atoms with Gasteiger partial charge in [-0.05, 0) is 77.8 Å². The van der Waals surface area contributed by atoms with Crippen LogP contribution in [0.15, 0.2) is 60.8 Å². The van der Waals surface area contributed by atoms with E-state index < -0.39 is 0 Å². The van der Waals surface area contributed by atoms with Crippen LogP contribution in [-0.4, -0.2) is 0 Å². The van der Waals surface area contributed by atoms with Crippen molar-refractivity contribution in [2.75, 3.05) is 0 Å². The lowest BCUT2D eigenvalue weighted by Crippen LogP contribution is -2.31. The van der Waals surface area contributed by atoms with Crippen LogP contribution in [0.2, 0.25) is 0 Å². The fourth-order valence-corrected chi connectivity index (χ4v) is 4.82. The maximum atomic E-state index is 2.35. The van der Waals surface area contributed by atoms with Crippen molar-refractivity contribution in [1.82, 2.24) is 0 Å². The van der Waals surface area contributed by atoms with E-state index in [4.69, 9.17) is 0 Å². The molecule has 0 saturated carbocycles. The van der Waals surface area contributed by atoms with Crippen LogP contribution < -0.4 is 4.57 Å². The zero-order valence-electron chi connectivity index (χ0n) is 17.1. The number of rotatable bonds is 1. The first-order valence-corrected chi connectivity index (χ1v) is 10.1. The first-order chi connectivity index (χ1) is 13.5. The molecule has 1 aromatic heterocycles. The van der Waals surface area contributed by atoms with Crippen molar-refractivity contribution in [3.63, 3.8) is 0 Å². The second kappa shape index (κ2) is 6.31. The molecule has 0 N–H and O–H groups in total. The average Bonchev–Trinajstić information content (AvgIpc) is 2.69. The molecule has 1 heteroatoms. The second-order valence-corrected chi connectivity index (χ2v) is 8.31. The normalized spacial score (nSPS) is 12.7. The minimum Gasteiger partial charge on any atom is -0.201 e. The Bertz CT molecular complexity index is 1250. The maximum absolute atomic E-state index is 2.35. The van der Waals surface area contributed by atoms with E-state index in [-0.39, 0.29) is 0 Å². The van der Waals surface area contributed by atoms with Gasteiger partial charge in [-0.15, -0.1) is 0 Å². The average molecular weight is 365 g/mol. The summed E-state index contributed by atoms with van der Waals surface area (Å²) >= 11 is 0. The number of fused-ring (bicyclic) bond motifs is 5. The van der Waals surface area contributed by atoms with Gasteiger partial charge in [0.25, 0.3) is 0 Å². The van der Waals surface area contributed by atoms with E-state index in [9.17, 15) is 0 Å². The van der Waals surface area contributed by atoms with Crippen LogP contribution >= 0.6 is 0 Å². The summed E-state index contributed by atoms with van der Waals surface area (Å²) in [6, 6.07) is 20.6. The Balaban J connectivity index is 1.85. The molecule has 0 bridgehead atoms. The molecule has 0 radical (unpaired) electrons. The summed E-state index contributed by atoms with van der Waals surface area (Å²) in [5.74, 6) is 0. The summed E-state index contributed by atoms with van der Waals surface area (Å²) in [6.45, 7) is 6.60. The smallest absolute Gasteiger partial charge is 0.201 e. The van der Waals surface area contributed by atoms with Gasteiger partial charge in [-0.2, -0.15) is 0 Å². The fraction of sp³-hybridized carbons (Fsp3) is 0.222. The molecule has 28 heavy (non-hydrogen) atoms. The first-order valence-electron chi connectivity index (χ1n) is 10.1. The summed E-state index contributed by atoms with van der Waals surface area (Å²) in [6.07, 6.45) is 4.39. The number of benzene rings is 3. The Kier molecular flexibility index (Phi) is 3.87. The quantitative estimate of drug-likeness (QED) is 0.364. The van der Waals surface area contributed by atoms with Crippen LogP contribution in [0, 0.1) is 20.8 Å². The van der Waals surface area contributed by atoms with Gasteiger partial charge in [0.05, 0.1) is 5.56 Å².